The monoisotopic (exact) mass is 378 g/mol. The molecule has 1 heterocycles. The summed E-state index contributed by atoms with van der Waals surface area (Å²) in [4.78, 5) is 29.8. The van der Waals surface area contributed by atoms with Crippen molar-refractivity contribution in [1.29, 1.82) is 0 Å². The molecule has 1 unspecified atom stereocenters. The van der Waals surface area contributed by atoms with E-state index in [9.17, 15) is 9.59 Å². The number of amides is 2. The number of fused-ring (bicyclic) bond motifs is 1. The molecule has 1 atom stereocenters. The third-order valence-electron chi connectivity index (χ3n) is 5.48. The van der Waals surface area contributed by atoms with Gasteiger partial charge in [0.15, 0.2) is 0 Å². The molecule has 0 spiro atoms. The highest BCUT2D eigenvalue weighted by molar-refractivity contribution is 5.88. The summed E-state index contributed by atoms with van der Waals surface area (Å²) in [6.45, 7) is 7.20. The van der Waals surface area contributed by atoms with Crippen LogP contribution in [0.5, 0.6) is 0 Å². The van der Waals surface area contributed by atoms with E-state index in [1.807, 2.05) is 45.2 Å². The second-order valence-corrected chi connectivity index (χ2v) is 8.23. The van der Waals surface area contributed by atoms with Gasteiger partial charge in [0.05, 0.1) is 0 Å². The SMILES string of the molecule is Cc1ccccc1CN(C)C(=O)C1Cc2ccccc2CN1C(=O)CC(C)C. The Kier molecular flexibility index (Phi) is 6.18. The van der Waals surface area contributed by atoms with E-state index in [-0.39, 0.29) is 17.7 Å². The molecule has 0 aromatic heterocycles. The highest BCUT2D eigenvalue weighted by Gasteiger charge is 2.36. The van der Waals surface area contributed by atoms with Crippen molar-refractivity contribution < 1.29 is 9.59 Å². The predicted molar refractivity (Wildman–Crippen MR) is 112 cm³/mol. The van der Waals surface area contributed by atoms with Gasteiger partial charge in [-0.15, -0.1) is 0 Å². The molecule has 2 amide bonds. The number of carbonyl (C=O) groups is 2. The number of aryl methyl sites for hydroxylation is 1. The molecule has 4 nitrogen and oxygen atoms in total. The van der Waals surface area contributed by atoms with Gasteiger partial charge in [0.1, 0.15) is 6.04 Å². The molecular formula is C24H30N2O2. The summed E-state index contributed by atoms with van der Waals surface area (Å²) < 4.78 is 0. The first-order chi connectivity index (χ1) is 13.4. The van der Waals surface area contributed by atoms with Gasteiger partial charge in [0.2, 0.25) is 11.8 Å². The fraction of sp³-hybridized carbons (Fsp3) is 0.417. The number of carbonyl (C=O) groups excluding carboxylic acids is 2. The van der Waals surface area contributed by atoms with E-state index in [2.05, 4.69) is 31.2 Å². The standard InChI is InChI=1S/C24H30N2O2/c1-17(2)13-23(27)26-16-21-12-8-7-10-19(21)14-22(26)24(28)25(4)15-20-11-6-5-9-18(20)3/h5-12,17,22H,13-16H2,1-4H3. The van der Waals surface area contributed by atoms with Crippen molar-refractivity contribution in [3.05, 3.63) is 70.8 Å². The molecule has 4 heteroatoms. The molecule has 0 aliphatic carbocycles. The maximum absolute atomic E-state index is 13.4. The van der Waals surface area contributed by atoms with Crippen molar-refractivity contribution in [2.24, 2.45) is 5.92 Å². The van der Waals surface area contributed by atoms with Gasteiger partial charge in [0, 0.05) is 33.0 Å². The largest absolute Gasteiger partial charge is 0.340 e. The average Bonchev–Trinajstić information content (AvgIpc) is 2.67. The van der Waals surface area contributed by atoms with Crippen LogP contribution in [0.15, 0.2) is 48.5 Å². The summed E-state index contributed by atoms with van der Waals surface area (Å²) in [5.41, 5.74) is 4.61. The Labute approximate surface area is 168 Å². The molecule has 1 aliphatic heterocycles. The lowest BCUT2D eigenvalue weighted by Gasteiger charge is -2.38. The van der Waals surface area contributed by atoms with Gasteiger partial charge in [-0.05, 0) is 35.1 Å². The zero-order valence-electron chi connectivity index (χ0n) is 17.3. The molecule has 0 saturated heterocycles. The van der Waals surface area contributed by atoms with Crippen LogP contribution in [0.2, 0.25) is 0 Å². The second kappa shape index (κ2) is 8.59. The van der Waals surface area contributed by atoms with Crippen molar-refractivity contribution in [2.75, 3.05) is 7.05 Å². The van der Waals surface area contributed by atoms with Crippen LogP contribution in [0.3, 0.4) is 0 Å². The van der Waals surface area contributed by atoms with E-state index < -0.39 is 6.04 Å². The Morgan fingerprint density at radius 2 is 1.71 bits per heavy atom. The Balaban J connectivity index is 1.84. The molecule has 0 saturated carbocycles. The molecular weight excluding hydrogens is 348 g/mol. The van der Waals surface area contributed by atoms with Gasteiger partial charge in [0.25, 0.3) is 0 Å². The lowest BCUT2D eigenvalue weighted by Crippen LogP contribution is -2.53. The van der Waals surface area contributed by atoms with E-state index in [0.29, 0.717) is 25.9 Å². The van der Waals surface area contributed by atoms with Gasteiger partial charge >= 0.3 is 0 Å². The van der Waals surface area contributed by atoms with Gasteiger partial charge in [-0.25, -0.2) is 0 Å². The number of hydrogen-bond donors (Lipinski definition) is 0. The van der Waals surface area contributed by atoms with Crippen LogP contribution in [-0.2, 0) is 29.1 Å². The summed E-state index contributed by atoms with van der Waals surface area (Å²) in [7, 11) is 1.83. The van der Waals surface area contributed by atoms with Crippen molar-refractivity contribution in [3.63, 3.8) is 0 Å². The maximum atomic E-state index is 13.4. The normalized spacial score (nSPS) is 16.0. The quantitative estimate of drug-likeness (QED) is 0.790. The van der Waals surface area contributed by atoms with Crippen LogP contribution in [0.4, 0.5) is 0 Å². The Hall–Kier alpha value is -2.62. The third kappa shape index (κ3) is 4.44. The molecule has 0 fully saturated rings. The number of likely N-dealkylation sites (N-methyl/N-ethyl adjacent to an activating group) is 1. The summed E-state index contributed by atoms with van der Waals surface area (Å²) in [6, 6.07) is 15.8. The topological polar surface area (TPSA) is 40.6 Å². The summed E-state index contributed by atoms with van der Waals surface area (Å²) >= 11 is 0. The minimum atomic E-state index is -0.435. The number of hydrogen-bond acceptors (Lipinski definition) is 2. The van der Waals surface area contributed by atoms with Crippen molar-refractivity contribution in [3.8, 4) is 0 Å². The molecule has 28 heavy (non-hydrogen) atoms. The molecule has 3 rings (SSSR count). The molecule has 0 N–H and O–H groups in total. The van der Waals surface area contributed by atoms with Crippen LogP contribution >= 0.6 is 0 Å². The van der Waals surface area contributed by atoms with Gasteiger partial charge < -0.3 is 9.80 Å². The third-order valence-corrected chi connectivity index (χ3v) is 5.48. The first-order valence-electron chi connectivity index (χ1n) is 10.0. The highest BCUT2D eigenvalue weighted by Crippen LogP contribution is 2.26. The minimum Gasteiger partial charge on any atom is -0.340 e. The van der Waals surface area contributed by atoms with Crippen LogP contribution in [0.1, 0.15) is 42.5 Å². The van der Waals surface area contributed by atoms with Crippen LogP contribution in [0.25, 0.3) is 0 Å². The first kappa shape index (κ1) is 20.1. The lowest BCUT2D eigenvalue weighted by atomic mass is 9.92. The molecule has 2 aromatic carbocycles. The molecule has 1 aliphatic rings. The van der Waals surface area contributed by atoms with E-state index >= 15 is 0 Å². The fourth-order valence-electron chi connectivity index (χ4n) is 3.85. The number of benzene rings is 2. The first-order valence-corrected chi connectivity index (χ1v) is 10.0. The minimum absolute atomic E-state index is 0.00913. The Bertz CT molecular complexity index is 859. The fourth-order valence-corrected chi connectivity index (χ4v) is 3.85. The second-order valence-electron chi connectivity index (χ2n) is 8.23. The Morgan fingerprint density at radius 3 is 2.39 bits per heavy atom. The maximum Gasteiger partial charge on any atom is 0.245 e. The smallest absolute Gasteiger partial charge is 0.245 e. The molecule has 0 radical (unpaired) electrons. The summed E-state index contributed by atoms with van der Waals surface area (Å²) in [5.74, 6) is 0.340. The van der Waals surface area contributed by atoms with Gasteiger partial charge in [-0.1, -0.05) is 62.4 Å². The van der Waals surface area contributed by atoms with E-state index in [0.717, 1.165) is 11.1 Å². The van der Waals surface area contributed by atoms with E-state index in [1.54, 1.807) is 9.80 Å². The zero-order chi connectivity index (χ0) is 20.3. The predicted octanol–water partition coefficient (Wildman–Crippen LogP) is 3.95. The van der Waals surface area contributed by atoms with E-state index in [1.165, 1.54) is 11.1 Å². The van der Waals surface area contributed by atoms with Crippen molar-refractivity contribution >= 4 is 11.8 Å². The van der Waals surface area contributed by atoms with Crippen LogP contribution in [-0.4, -0.2) is 34.7 Å². The zero-order valence-corrected chi connectivity index (χ0v) is 17.3. The van der Waals surface area contributed by atoms with Crippen molar-refractivity contribution in [1.82, 2.24) is 9.80 Å². The number of nitrogens with zero attached hydrogens (tertiary/aromatic N) is 2. The Morgan fingerprint density at radius 1 is 1.07 bits per heavy atom. The molecule has 148 valence electrons. The molecule has 2 aromatic rings. The molecule has 0 bridgehead atoms. The van der Waals surface area contributed by atoms with Crippen LogP contribution in [0, 0.1) is 12.8 Å². The summed E-state index contributed by atoms with van der Waals surface area (Å²) in [6.07, 6.45) is 1.05. The average molecular weight is 379 g/mol. The number of rotatable bonds is 5. The highest BCUT2D eigenvalue weighted by atomic mass is 16.2. The lowest BCUT2D eigenvalue weighted by molar-refractivity contribution is -0.147. The summed E-state index contributed by atoms with van der Waals surface area (Å²) in [5, 5.41) is 0. The van der Waals surface area contributed by atoms with Gasteiger partial charge in [-0.3, -0.25) is 9.59 Å². The van der Waals surface area contributed by atoms with Gasteiger partial charge in [-0.2, -0.15) is 0 Å². The van der Waals surface area contributed by atoms with Crippen molar-refractivity contribution in [2.45, 2.75) is 52.7 Å². The van der Waals surface area contributed by atoms with Crippen LogP contribution < -0.4 is 0 Å². The van der Waals surface area contributed by atoms with E-state index in [4.69, 9.17) is 0 Å².